The number of ether oxygens (including phenoxy) is 1. The minimum absolute atomic E-state index is 0.302. The molecule has 0 bridgehead atoms. The summed E-state index contributed by atoms with van der Waals surface area (Å²) in [5, 5.41) is 3.42. The number of hydrogen-bond donors (Lipinski definition) is 1. The molecule has 0 aliphatic heterocycles. The van der Waals surface area contributed by atoms with Crippen molar-refractivity contribution >= 4 is 29.3 Å². The lowest BCUT2D eigenvalue weighted by Crippen LogP contribution is -2.16. The molecule has 1 aromatic heterocycles. The summed E-state index contributed by atoms with van der Waals surface area (Å²) in [7, 11) is 1.31. The fourth-order valence-electron chi connectivity index (χ4n) is 2.47. The van der Waals surface area contributed by atoms with Crippen molar-refractivity contribution in [2.75, 3.05) is 12.4 Å². The third kappa shape index (κ3) is 4.74. The molecule has 0 aliphatic rings. The Morgan fingerprint density at radius 3 is 2.44 bits per heavy atom. The number of amides is 1. The number of pyridine rings is 1. The summed E-state index contributed by atoms with van der Waals surface area (Å²) < 4.78 is 4.77. The Balaban J connectivity index is 1.79. The number of aromatic nitrogens is 1. The predicted molar refractivity (Wildman–Crippen MR) is 106 cm³/mol. The van der Waals surface area contributed by atoms with Crippen molar-refractivity contribution in [3.63, 3.8) is 0 Å². The number of esters is 1. The maximum atomic E-state index is 12.8. The van der Waals surface area contributed by atoms with Crippen LogP contribution in [-0.2, 0) is 10.5 Å². The second-order valence-corrected chi connectivity index (χ2v) is 6.59. The van der Waals surface area contributed by atoms with Crippen LogP contribution in [0.1, 0.15) is 26.3 Å². The summed E-state index contributed by atoms with van der Waals surface area (Å²) in [5.41, 5.74) is 2.31. The third-order valence-corrected chi connectivity index (χ3v) is 4.89. The van der Waals surface area contributed by atoms with Crippen molar-refractivity contribution < 1.29 is 14.3 Å². The van der Waals surface area contributed by atoms with Crippen LogP contribution in [0.2, 0.25) is 0 Å². The Morgan fingerprint density at radius 1 is 0.963 bits per heavy atom. The van der Waals surface area contributed by atoms with E-state index in [0.29, 0.717) is 27.6 Å². The topological polar surface area (TPSA) is 68.3 Å². The average molecular weight is 378 g/mol. The lowest BCUT2D eigenvalue weighted by Gasteiger charge is -2.11. The molecule has 1 heterocycles. The predicted octanol–water partition coefficient (Wildman–Crippen LogP) is 4.41. The molecule has 0 aliphatic carbocycles. The van der Waals surface area contributed by atoms with E-state index in [4.69, 9.17) is 4.74 Å². The third-order valence-electron chi connectivity index (χ3n) is 3.81. The highest BCUT2D eigenvalue weighted by molar-refractivity contribution is 7.98. The van der Waals surface area contributed by atoms with Gasteiger partial charge in [0.05, 0.1) is 23.9 Å². The molecule has 0 atom stereocenters. The van der Waals surface area contributed by atoms with Gasteiger partial charge in [-0.25, -0.2) is 9.78 Å². The Kier molecular flexibility index (Phi) is 6.22. The quantitative estimate of drug-likeness (QED) is 0.508. The summed E-state index contributed by atoms with van der Waals surface area (Å²) >= 11 is 1.49. The summed E-state index contributed by atoms with van der Waals surface area (Å²) in [5.74, 6) is -0.123. The van der Waals surface area contributed by atoms with E-state index >= 15 is 0 Å². The number of hydrogen-bond acceptors (Lipinski definition) is 5. The van der Waals surface area contributed by atoms with E-state index in [0.717, 1.165) is 5.56 Å². The van der Waals surface area contributed by atoms with Crippen molar-refractivity contribution in [3.05, 3.63) is 89.6 Å². The summed E-state index contributed by atoms with van der Waals surface area (Å²) in [6, 6.07) is 20.1. The summed E-state index contributed by atoms with van der Waals surface area (Å²) in [6.45, 7) is 0. The molecule has 0 radical (unpaired) electrons. The summed E-state index contributed by atoms with van der Waals surface area (Å²) in [6.07, 6.45) is 1.66. The van der Waals surface area contributed by atoms with E-state index in [2.05, 4.69) is 10.3 Å². The van der Waals surface area contributed by atoms with Crippen molar-refractivity contribution in [3.8, 4) is 0 Å². The van der Waals surface area contributed by atoms with Gasteiger partial charge in [0.2, 0.25) is 0 Å². The molecule has 3 aromatic rings. The van der Waals surface area contributed by atoms with Gasteiger partial charge in [0.15, 0.2) is 0 Å². The van der Waals surface area contributed by atoms with Gasteiger partial charge in [-0.3, -0.25) is 4.79 Å². The minimum Gasteiger partial charge on any atom is -0.465 e. The first kappa shape index (κ1) is 18.7. The molecule has 0 fully saturated rings. The molecule has 0 unspecified atom stereocenters. The molecule has 136 valence electrons. The van der Waals surface area contributed by atoms with Crippen molar-refractivity contribution in [1.82, 2.24) is 4.98 Å². The molecule has 1 N–H and O–H groups in total. The number of para-hydroxylation sites is 1. The molecule has 0 saturated heterocycles. The maximum Gasteiger partial charge on any atom is 0.339 e. The molecule has 6 heteroatoms. The van der Waals surface area contributed by atoms with Gasteiger partial charge in [-0.15, -0.1) is 11.8 Å². The highest BCUT2D eigenvalue weighted by Gasteiger charge is 2.17. The van der Waals surface area contributed by atoms with Crippen molar-refractivity contribution in [2.45, 2.75) is 10.8 Å². The van der Waals surface area contributed by atoms with E-state index in [9.17, 15) is 9.59 Å². The Morgan fingerprint density at radius 2 is 1.67 bits per heavy atom. The number of carbonyl (C=O) groups excluding carboxylic acids is 2. The van der Waals surface area contributed by atoms with E-state index in [1.807, 2.05) is 30.3 Å². The number of methoxy groups -OCH3 is 1. The molecule has 0 spiro atoms. The Hall–Kier alpha value is -3.12. The monoisotopic (exact) mass is 378 g/mol. The van der Waals surface area contributed by atoms with Crippen LogP contribution in [0.25, 0.3) is 0 Å². The first-order valence-corrected chi connectivity index (χ1v) is 9.28. The fraction of sp³-hybridized carbons (Fsp3) is 0.0952. The normalized spacial score (nSPS) is 10.3. The zero-order chi connectivity index (χ0) is 19.1. The standard InChI is InChI=1S/C21H18N2O3S/c1-26-21(25)16-10-5-6-12-18(16)23-19(24)17-11-7-13-22-20(17)27-14-15-8-3-2-4-9-15/h2-13H,14H2,1H3,(H,23,24). The number of nitrogens with one attached hydrogen (secondary N) is 1. The van der Waals surface area contributed by atoms with Gasteiger partial charge in [-0.2, -0.15) is 0 Å². The van der Waals surface area contributed by atoms with Crippen LogP contribution in [0, 0.1) is 0 Å². The SMILES string of the molecule is COC(=O)c1ccccc1NC(=O)c1cccnc1SCc1ccccc1. The van der Waals surface area contributed by atoms with Gasteiger partial charge in [-0.1, -0.05) is 42.5 Å². The second kappa shape index (κ2) is 9.00. The van der Waals surface area contributed by atoms with Gasteiger partial charge in [0, 0.05) is 11.9 Å². The lowest BCUT2D eigenvalue weighted by molar-refractivity contribution is 0.0602. The molecule has 1 amide bonds. The van der Waals surface area contributed by atoms with E-state index in [1.54, 1.807) is 42.6 Å². The average Bonchev–Trinajstić information content (AvgIpc) is 2.73. The van der Waals surface area contributed by atoms with Gasteiger partial charge in [0.25, 0.3) is 5.91 Å². The van der Waals surface area contributed by atoms with Crippen LogP contribution < -0.4 is 5.32 Å². The molecular weight excluding hydrogens is 360 g/mol. The lowest BCUT2D eigenvalue weighted by atomic mass is 10.1. The van der Waals surface area contributed by atoms with Gasteiger partial charge >= 0.3 is 5.97 Å². The van der Waals surface area contributed by atoms with Crippen LogP contribution >= 0.6 is 11.8 Å². The van der Waals surface area contributed by atoms with Crippen molar-refractivity contribution in [2.24, 2.45) is 0 Å². The van der Waals surface area contributed by atoms with Crippen LogP contribution in [-0.4, -0.2) is 24.0 Å². The zero-order valence-electron chi connectivity index (χ0n) is 14.7. The van der Waals surface area contributed by atoms with Crippen LogP contribution in [0.5, 0.6) is 0 Å². The van der Waals surface area contributed by atoms with E-state index < -0.39 is 5.97 Å². The number of anilines is 1. The fourth-order valence-corrected chi connectivity index (χ4v) is 3.42. The van der Waals surface area contributed by atoms with Crippen LogP contribution in [0.4, 0.5) is 5.69 Å². The molecule has 2 aromatic carbocycles. The number of nitrogens with zero attached hydrogens (tertiary/aromatic N) is 1. The highest BCUT2D eigenvalue weighted by Crippen LogP contribution is 2.25. The second-order valence-electron chi connectivity index (χ2n) is 5.62. The first-order valence-electron chi connectivity index (χ1n) is 8.29. The number of rotatable bonds is 6. The molecule has 27 heavy (non-hydrogen) atoms. The van der Waals surface area contributed by atoms with E-state index in [1.165, 1.54) is 18.9 Å². The van der Waals surface area contributed by atoms with Gasteiger partial charge < -0.3 is 10.1 Å². The molecular formula is C21H18N2O3S. The summed E-state index contributed by atoms with van der Waals surface area (Å²) in [4.78, 5) is 29.0. The van der Waals surface area contributed by atoms with Crippen LogP contribution in [0.3, 0.4) is 0 Å². The zero-order valence-corrected chi connectivity index (χ0v) is 15.5. The maximum absolute atomic E-state index is 12.8. The van der Waals surface area contributed by atoms with Crippen molar-refractivity contribution in [1.29, 1.82) is 0 Å². The Labute approximate surface area is 161 Å². The van der Waals surface area contributed by atoms with Gasteiger partial charge in [-0.05, 0) is 29.8 Å². The largest absolute Gasteiger partial charge is 0.465 e. The number of thioether (sulfide) groups is 1. The van der Waals surface area contributed by atoms with E-state index in [-0.39, 0.29) is 5.91 Å². The Bertz CT molecular complexity index is 945. The molecule has 3 rings (SSSR count). The highest BCUT2D eigenvalue weighted by atomic mass is 32.2. The number of benzene rings is 2. The van der Waals surface area contributed by atoms with Crippen LogP contribution in [0.15, 0.2) is 78.0 Å². The number of carbonyl (C=O) groups is 2. The van der Waals surface area contributed by atoms with Gasteiger partial charge in [0.1, 0.15) is 5.03 Å². The minimum atomic E-state index is -0.504. The smallest absolute Gasteiger partial charge is 0.339 e. The first-order chi connectivity index (χ1) is 13.2. The molecule has 5 nitrogen and oxygen atoms in total. The molecule has 0 saturated carbocycles.